The normalized spacial score (nSPS) is 11.7. The molecule has 1 heterocycles. The van der Waals surface area contributed by atoms with Crippen molar-refractivity contribution >= 4 is 50.6 Å². The minimum atomic E-state index is -0.564. The van der Waals surface area contributed by atoms with Crippen LogP contribution in [0.3, 0.4) is 0 Å². The van der Waals surface area contributed by atoms with E-state index in [1.165, 1.54) is 25.1 Å². The van der Waals surface area contributed by atoms with Gasteiger partial charge in [0.05, 0.1) is 31.3 Å². The van der Waals surface area contributed by atoms with E-state index in [1.807, 2.05) is 26.8 Å². The molecule has 0 atom stereocenters. The second-order valence-electron chi connectivity index (χ2n) is 8.10. The molecule has 0 amide bonds. The summed E-state index contributed by atoms with van der Waals surface area (Å²) in [6.45, 7) is 5.49. The molecule has 0 radical (unpaired) electrons. The first-order valence-corrected chi connectivity index (χ1v) is 11.1. The SMILES string of the molecule is COC(=O)COc1c(C=Nn2c(C(C)(C)C)nc3ccc(Br)cc3c2=O)cc(Cl)cc1OC. The number of esters is 1. The van der Waals surface area contributed by atoms with Gasteiger partial charge >= 0.3 is 5.97 Å². The molecule has 3 rings (SSSR count). The molecule has 0 unspecified atom stereocenters. The Kier molecular flexibility index (Phi) is 7.44. The molecule has 2 aromatic carbocycles. The number of ether oxygens (including phenoxy) is 3. The lowest BCUT2D eigenvalue weighted by Gasteiger charge is -2.21. The first-order chi connectivity index (χ1) is 15.5. The van der Waals surface area contributed by atoms with Gasteiger partial charge in [-0.2, -0.15) is 9.78 Å². The van der Waals surface area contributed by atoms with Crippen molar-refractivity contribution in [2.24, 2.45) is 5.10 Å². The third-order valence-corrected chi connectivity index (χ3v) is 5.33. The maximum absolute atomic E-state index is 13.3. The number of halogens is 2. The van der Waals surface area contributed by atoms with Gasteiger partial charge in [0.1, 0.15) is 5.82 Å². The molecule has 0 fully saturated rings. The Balaban J connectivity index is 2.19. The molecule has 8 nitrogen and oxygen atoms in total. The molecule has 0 N–H and O–H groups in total. The molecular weight excluding hydrogens is 514 g/mol. The fraction of sp³-hybridized carbons (Fsp3) is 0.304. The van der Waals surface area contributed by atoms with Crippen LogP contribution in [0.4, 0.5) is 0 Å². The van der Waals surface area contributed by atoms with Crippen molar-refractivity contribution in [2.75, 3.05) is 20.8 Å². The third kappa shape index (κ3) is 5.54. The molecule has 0 saturated carbocycles. The molecule has 0 saturated heterocycles. The number of benzene rings is 2. The summed E-state index contributed by atoms with van der Waals surface area (Å²) in [5, 5.41) is 5.22. The summed E-state index contributed by atoms with van der Waals surface area (Å²) >= 11 is 9.62. The van der Waals surface area contributed by atoms with Crippen LogP contribution in [0.25, 0.3) is 10.9 Å². The minimum absolute atomic E-state index is 0.234. The predicted molar refractivity (Wildman–Crippen MR) is 131 cm³/mol. The van der Waals surface area contributed by atoms with E-state index < -0.39 is 11.4 Å². The van der Waals surface area contributed by atoms with Crippen molar-refractivity contribution in [1.29, 1.82) is 0 Å². The van der Waals surface area contributed by atoms with E-state index in [1.54, 1.807) is 24.3 Å². The molecule has 0 aliphatic carbocycles. The van der Waals surface area contributed by atoms with Crippen molar-refractivity contribution in [3.05, 3.63) is 61.6 Å². The maximum atomic E-state index is 13.3. The number of nitrogens with zero attached hydrogens (tertiary/aromatic N) is 3. The number of hydrogen-bond donors (Lipinski definition) is 0. The number of rotatable bonds is 6. The van der Waals surface area contributed by atoms with E-state index in [2.05, 4.69) is 25.8 Å². The fourth-order valence-electron chi connectivity index (χ4n) is 3.04. The summed E-state index contributed by atoms with van der Waals surface area (Å²) in [5.74, 6) is 0.449. The molecule has 174 valence electrons. The van der Waals surface area contributed by atoms with Crippen molar-refractivity contribution in [3.8, 4) is 11.5 Å². The largest absolute Gasteiger partial charge is 0.493 e. The molecule has 10 heteroatoms. The third-order valence-electron chi connectivity index (χ3n) is 4.62. The Morgan fingerprint density at radius 2 is 1.97 bits per heavy atom. The van der Waals surface area contributed by atoms with E-state index in [0.717, 1.165) is 4.47 Å². The lowest BCUT2D eigenvalue weighted by molar-refractivity contribution is -0.142. The Morgan fingerprint density at radius 3 is 2.61 bits per heavy atom. The Morgan fingerprint density at radius 1 is 1.24 bits per heavy atom. The van der Waals surface area contributed by atoms with Crippen LogP contribution in [-0.4, -0.2) is 42.7 Å². The van der Waals surface area contributed by atoms with Gasteiger partial charge in [-0.1, -0.05) is 48.3 Å². The predicted octanol–water partition coefficient (Wildman–Crippen LogP) is 4.55. The number of carbonyl (C=O) groups is 1. The quantitative estimate of drug-likeness (QED) is 0.339. The summed E-state index contributed by atoms with van der Waals surface area (Å²) in [6.07, 6.45) is 1.42. The van der Waals surface area contributed by atoms with E-state index in [9.17, 15) is 9.59 Å². The van der Waals surface area contributed by atoms with Crippen LogP contribution >= 0.6 is 27.5 Å². The summed E-state index contributed by atoms with van der Waals surface area (Å²) in [4.78, 5) is 29.6. The molecule has 0 spiro atoms. The molecule has 33 heavy (non-hydrogen) atoms. The van der Waals surface area contributed by atoms with Gasteiger partial charge in [0, 0.05) is 26.5 Å². The molecular formula is C23H23BrClN3O5. The van der Waals surface area contributed by atoms with Gasteiger partial charge in [-0.25, -0.2) is 9.78 Å². The van der Waals surface area contributed by atoms with Crippen LogP contribution in [-0.2, 0) is 14.9 Å². The van der Waals surface area contributed by atoms with Gasteiger partial charge in [-0.3, -0.25) is 4.79 Å². The molecule has 0 aliphatic rings. The summed E-state index contributed by atoms with van der Waals surface area (Å²) in [6, 6.07) is 8.46. The van der Waals surface area contributed by atoms with Gasteiger partial charge in [0.15, 0.2) is 18.1 Å². The highest BCUT2D eigenvalue weighted by Gasteiger charge is 2.23. The smallest absolute Gasteiger partial charge is 0.343 e. The van der Waals surface area contributed by atoms with Gasteiger partial charge in [0.2, 0.25) is 0 Å². The zero-order valence-corrected chi connectivity index (χ0v) is 21.2. The highest BCUT2D eigenvalue weighted by molar-refractivity contribution is 9.10. The lowest BCUT2D eigenvalue weighted by Crippen LogP contribution is -2.29. The van der Waals surface area contributed by atoms with Crippen LogP contribution < -0.4 is 15.0 Å². The molecule has 0 bridgehead atoms. The molecule has 0 aliphatic heterocycles. The standard InChI is InChI=1S/C23H23BrClN3O5/c1-23(2,3)22-27-17-7-6-14(24)9-16(17)21(30)28(22)26-11-13-8-15(25)10-18(31-4)20(13)33-12-19(29)32-5/h6-11H,12H2,1-5H3. The lowest BCUT2D eigenvalue weighted by atomic mass is 9.95. The average molecular weight is 537 g/mol. The highest BCUT2D eigenvalue weighted by atomic mass is 79.9. The number of carbonyl (C=O) groups excluding carboxylic acids is 1. The number of methoxy groups -OCH3 is 2. The van der Waals surface area contributed by atoms with Gasteiger partial charge < -0.3 is 14.2 Å². The van der Waals surface area contributed by atoms with E-state index in [0.29, 0.717) is 33.1 Å². The topological polar surface area (TPSA) is 92.0 Å². The van der Waals surface area contributed by atoms with Crippen LogP contribution in [0, 0.1) is 0 Å². The van der Waals surface area contributed by atoms with Crippen molar-refractivity contribution in [3.63, 3.8) is 0 Å². The van der Waals surface area contributed by atoms with Crippen molar-refractivity contribution in [1.82, 2.24) is 9.66 Å². The Bertz CT molecular complexity index is 1300. The molecule has 1 aromatic heterocycles. The van der Waals surface area contributed by atoms with Crippen LogP contribution in [0.1, 0.15) is 32.2 Å². The zero-order chi connectivity index (χ0) is 24.3. The highest BCUT2D eigenvalue weighted by Crippen LogP contribution is 2.34. The number of hydrogen-bond acceptors (Lipinski definition) is 7. The number of fused-ring (bicyclic) bond motifs is 1. The zero-order valence-electron chi connectivity index (χ0n) is 18.8. The minimum Gasteiger partial charge on any atom is -0.493 e. The van der Waals surface area contributed by atoms with E-state index >= 15 is 0 Å². The van der Waals surface area contributed by atoms with Gasteiger partial charge in [-0.15, -0.1) is 0 Å². The van der Waals surface area contributed by atoms with Crippen LogP contribution in [0.2, 0.25) is 5.02 Å². The van der Waals surface area contributed by atoms with Gasteiger partial charge in [-0.05, 0) is 24.3 Å². The Labute approximate surface area is 204 Å². The maximum Gasteiger partial charge on any atom is 0.343 e. The van der Waals surface area contributed by atoms with Crippen LogP contribution in [0.5, 0.6) is 11.5 Å². The van der Waals surface area contributed by atoms with Crippen molar-refractivity contribution in [2.45, 2.75) is 26.2 Å². The summed E-state index contributed by atoms with van der Waals surface area (Å²) < 4.78 is 17.6. The second kappa shape index (κ2) is 9.93. The second-order valence-corrected chi connectivity index (χ2v) is 9.45. The van der Waals surface area contributed by atoms with Crippen LogP contribution in [0.15, 0.2) is 44.7 Å². The van der Waals surface area contributed by atoms with Gasteiger partial charge in [0.25, 0.3) is 5.56 Å². The molecule has 3 aromatic rings. The van der Waals surface area contributed by atoms with Crippen molar-refractivity contribution < 1.29 is 19.0 Å². The Hall–Kier alpha value is -2.91. The monoisotopic (exact) mass is 535 g/mol. The first-order valence-electron chi connectivity index (χ1n) is 9.89. The van der Waals surface area contributed by atoms with E-state index in [4.69, 9.17) is 26.1 Å². The first kappa shape index (κ1) is 24.7. The fourth-order valence-corrected chi connectivity index (χ4v) is 3.62. The summed E-state index contributed by atoms with van der Waals surface area (Å²) in [7, 11) is 2.71. The number of aromatic nitrogens is 2. The van der Waals surface area contributed by atoms with E-state index in [-0.39, 0.29) is 17.9 Å². The average Bonchev–Trinajstić information content (AvgIpc) is 2.76. The summed E-state index contributed by atoms with van der Waals surface area (Å²) in [5.41, 5.74) is 0.178.